The Morgan fingerprint density at radius 3 is 2.79 bits per heavy atom. The molecule has 0 bridgehead atoms. The highest BCUT2D eigenvalue weighted by Gasteiger charge is 2.16. The predicted molar refractivity (Wildman–Crippen MR) is 92.3 cm³/mol. The van der Waals surface area contributed by atoms with Gasteiger partial charge in [-0.3, -0.25) is 0 Å². The number of hydrogen-bond acceptors (Lipinski definition) is 4. The van der Waals surface area contributed by atoms with Crippen molar-refractivity contribution in [3.63, 3.8) is 0 Å². The third kappa shape index (κ3) is 4.12. The first-order valence-corrected chi connectivity index (χ1v) is 7.61. The number of esters is 1. The van der Waals surface area contributed by atoms with Crippen molar-refractivity contribution in [3.8, 4) is 6.07 Å². The Labute approximate surface area is 145 Å². The number of rotatable bonds is 6. The molecule has 2 aromatic rings. The summed E-state index contributed by atoms with van der Waals surface area (Å²) in [5, 5.41) is 13.9. The van der Waals surface area contributed by atoms with Gasteiger partial charge in [0.1, 0.15) is 23.4 Å². The molecule has 0 fully saturated rings. The summed E-state index contributed by atoms with van der Waals surface area (Å²) >= 11 is 6.37. The van der Waals surface area contributed by atoms with Crippen molar-refractivity contribution < 1.29 is 9.53 Å². The molecule has 0 radical (unpaired) electrons. The maximum absolute atomic E-state index is 11.8. The van der Waals surface area contributed by atoms with Crippen LogP contribution in [0, 0.1) is 18.3 Å². The predicted octanol–water partition coefficient (Wildman–Crippen LogP) is 3.53. The monoisotopic (exact) mass is 341 g/mol. The SMILES string of the molecule is C=CCOC(=O)/C(C#N)=C/c1c(C)nn(Cc2ccccc2)c1Cl. The number of carbonyl (C=O) groups is 1. The van der Waals surface area contributed by atoms with Crippen LogP contribution in [0.2, 0.25) is 5.15 Å². The molecule has 0 aliphatic rings. The number of ether oxygens (including phenoxy) is 1. The average molecular weight is 342 g/mol. The summed E-state index contributed by atoms with van der Waals surface area (Å²) in [4.78, 5) is 11.8. The molecule has 0 saturated heterocycles. The minimum Gasteiger partial charge on any atom is -0.457 e. The fraction of sp³-hybridized carbons (Fsp3) is 0.167. The molecule has 0 atom stereocenters. The lowest BCUT2D eigenvalue weighted by Crippen LogP contribution is -2.06. The van der Waals surface area contributed by atoms with E-state index in [1.54, 1.807) is 11.6 Å². The van der Waals surface area contributed by atoms with Crippen molar-refractivity contribution in [2.45, 2.75) is 13.5 Å². The summed E-state index contributed by atoms with van der Waals surface area (Å²) in [5.74, 6) is -0.719. The molecule has 2 rings (SSSR count). The van der Waals surface area contributed by atoms with Gasteiger partial charge < -0.3 is 4.74 Å². The highest BCUT2D eigenvalue weighted by Crippen LogP contribution is 2.23. The van der Waals surface area contributed by atoms with Gasteiger partial charge in [-0.2, -0.15) is 10.4 Å². The normalized spacial score (nSPS) is 11.0. The zero-order valence-corrected chi connectivity index (χ0v) is 14.0. The minimum absolute atomic E-state index is 0.0395. The zero-order valence-electron chi connectivity index (χ0n) is 13.2. The van der Waals surface area contributed by atoms with Crippen LogP contribution in [0.5, 0.6) is 0 Å². The molecule has 0 aliphatic carbocycles. The summed E-state index contributed by atoms with van der Waals surface area (Å²) in [5.41, 5.74) is 2.06. The van der Waals surface area contributed by atoms with Gasteiger partial charge in [0, 0.05) is 5.56 Å². The number of carbonyl (C=O) groups excluding carboxylic acids is 1. The number of hydrogen-bond donors (Lipinski definition) is 0. The first-order chi connectivity index (χ1) is 11.6. The Morgan fingerprint density at radius 2 is 2.17 bits per heavy atom. The number of benzene rings is 1. The van der Waals surface area contributed by atoms with Crippen molar-refractivity contribution in [2.75, 3.05) is 6.61 Å². The van der Waals surface area contributed by atoms with Crippen LogP contribution in [0.3, 0.4) is 0 Å². The van der Waals surface area contributed by atoms with Crippen LogP contribution in [-0.4, -0.2) is 22.4 Å². The van der Waals surface area contributed by atoms with Crippen LogP contribution in [0.4, 0.5) is 0 Å². The van der Waals surface area contributed by atoms with E-state index in [9.17, 15) is 4.79 Å². The fourth-order valence-corrected chi connectivity index (χ4v) is 2.37. The quantitative estimate of drug-likeness (QED) is 0.349. The standard InChI is InChI=1S/C18H16ClN3O2/c1-3-9-24-18(23)15(11-20)10-16-13(2)21-22(17(16)19)12-14-7-5-4-6-8-14/h3-8,10H,1,9,12H2,2H3/b15-10+. The lowest BCUT2D eigenvalue weighted by molar-refractivity contribution is -0.137. The Morgan fingerprint density at radius 1 is 1.46 bits per heavy atom. The largest absolute Gasteiger partial charge is 0.457 e. The molecule has 0 aliphatic heterocycles. The Bertz CT molecular complexity index is 817. The second-order valence-electron chi connectivity index (χ2n) is 4.99. The van der Waals surface area contributed by atoms with E-state index in [0.717, 1.165) is 5.56 Å². The van der Waals surface area contributed by atoms with Gasteiger partial charge in [-0.15, -0.1) is 0 Å². The van der Waals surface area contributed by atoms with E-state index < -0.39 is 5.97 Å². The Hall–Kier alpha value is -2.84. The summed E-state index contributed by atoms with van der Waals surface area (Å²) in [6.07, 6.45) is 2.83. The molecule has 5 nitrogen and oxygen atoms in total. The summed E-state index contributed by atoms with van der Waals surface area (Å²) in [7, 11) is 0. The van der Waals surface area contributed by atoms with Crippen LogP contribution in [0.25, 0.3) is 6.08 Å². The topological polar surface area (TPSA) is 67.9 Å². The third-order valence-corrected chi connectivity index (χ3v) is 3.64. The molecule has 0 spiro atoms. The Balaban J connectivity index is 2.31. The number of aryl methyl sites for hydroxylation is 1. The van der Waals surface area contributed by atoms with E-state index in [-0.39, 0.29) is 12.2 Å². The molecule has 1 aromatic heterocycles. The number of halogens is 1. The molecular formula is C18H16ClN3O2. The number of nitriles is 1. The van der Waals surface area contributed by atoms with Crippen molar-refractivity contribution in [2.24, 2.45) is 0 Å². The van der Waals surface area contributed by atoms with Gasteiger partial charge in [-0.1, -0.05) is 54.6 Å². The fourth-order valence-electron chi connectivity index (χ4n) is 2.09. The van der Waals surface area contributed by atoms with E-state index in [0.29, 0.717) is 23.0 Å². The maximum atomic E-state index is 11.8. The van der Waals surface area contributed by atoms with Crippen LogP contribution in [-0.2, 0) is 16.1 Å². The highest BCUT2D eigenvalue weighted by atomic mass is 35.5. The van der Waals surface area contributed by atoms with Gasteiger partial charge in [-0.05, 0) is 18.6 Å². The summed E-state index contributed by atoms with van der Waals surface area (Å²) in [6.45, 7) is 5.76. The molecule has 0 saturated carbocycles. The lowest BCUT2D eigenvalue weighted by Gasteiger charge is -2.03. The van der Waals surface area contributed by atoms with Crippen LogP contribution in [0.1, 0.15) is 16.8 Å². The van der Waals surface area contributed by atoms with Crippen LogP contribution in [0.15, 0.2) is 48.6 Å². The molecular weight excluding hydrogens is 326 g/mol. The zero-order chi connectivity index (χ0) is 17.5. The minimum atomic E-state index is -0.719. The molecule has 1 heterocycles. The second-order valence-corrected chi connectivity index (χ2v) is 5.35. The summed E-state index contributed by atoms with van der Waals surface area (Å²) < 4.78 is 6.51. The van der Waals surface area contributed by atoms with Gasteiger partial charge in [0.15, 0.2) is 0 Å². The van der Waals surface area contributed by atoms with Gasteiger partial charge in [0.05, 0.1) is 12.2 Å². The third-order valence-electron chi connectivity index (χ3n) is 3.25. The van der Waals surface area contributed by atoms with Crippen LogP contribution < -0.4 is 0 Å². The van der Waals surface area contributed by atoms with E-state index in [1.165, 1.54) is 12.2 Å². The molecule has 0 unspecified atom stereocenters. The van der Waals surface area contributed by atoms with E-state index >= 15 is 0 Å². The van der Waals surface area contributed by atoms with Crippen molar-refractivity contribution in [1.29, 1.82) is 5.26 Å². The molecule has 122 valence electrons. The molecule has 0 amide bonds. The number of aromatic nitrogens is 2. The Kier molecular flexibility index (Phi) is 5.94. The van der Waals surface area contributed by atoms with Gasteiger partial charge in [0.2, 0.25) is 0 Å². The average Bonchev–Trinajstić information content (AvgIpc) is 2.85. The molecule has 1 aromatic carbocycles. The van der Waals surface area contributed by atoms with E-state index in [2.05, 4.69) is 11.7 Å². The van der Waals surface area contributed by atoms with Gasteiger partial charge in [0.25, 0.3) is 0 Å². The molecule has 6 heteroatoms. The molecule has 0 N–H and O–H groups in total. The first kappa shape index (κ1) is 17.5. The van der Waals surface area contributed by atoms with Crippen molar-refractivity contribution >= 4 is 23.6 Å². The second kappa shape index (κ2) is 8.14. The smallest absolute Gasteiger partial charge is 0.349 e. The first-order valence-electron chi connectivity index (χ1n) is 7.23. The van der Waals surface area contributed by atoms with E-state index in [4.69, 9.17) is 21.6 Å². The summed E-state index contributed by atoms with van der Waals surface area (Å²) in [6, 6.07) is 11.6. The van der Waals surface area contributed by atoms with Gasteiger partial charge >= 0.3 is 5.97 Å². The van der Waals surface area contributed by atoms with Crippen molar-refractivity contribution in [1.82, 2.24) is 9.78 Å². The van der Waals surface area contributed by atoms with Gasteiger partial charge in [-0.25, -0.2) is 9.48 Å². The lowest BCUT2D eigenvalue weighted by atomic mass is 10.1. The number of nitrogens with zero attached hydrogens (tertiary/aromatic N) is 3. The maximum Gasteiger partial charge on any atom is 0.349 e. The van der Waals surface area contributed by atoms with Crippen LogP contribution >= 0.6 is 11.6 Å². The molecule has 24 heavy (non-hydrogen) atoms. The highest BCUT2D eigenvalue weighted by molar-refractivity contribution is 6.31. The van der Waals surface area contributed by atoms with Crippen molar-refractivity contribution in [3.05, 3.63) is 70.5 Å². The van der Waals surface area contributed by atoms with E-state index in [1.807, 2.05) is 36.4 Å².